The average Bonchev–Trinajstić information content (AvgIpc) is 2.44. The third kappa shape index (κ3) is 4.49. The van der Waals surface area contributed by atoms with Crippen molar-refractivity contribution < 1.29 is 4.39 Å². The summed E-state index contributed by atoms with van der Waals surface area (Å²) >= 11 is 0. The minimum Gasteiger partial charge on any atom is -0.353 e. The molecule has 2 aromatic rings. The Kier molecular flexibility index (Phi) is 5.44. The number of anilines is 1. The number of nitrogens with one attached hydrogen (secondary N) is 1. The molecule has 22 heavy (non-hydrogen) atoms. The predicted octanol–water partition coefficient (Wildman–Crippen LogP) is 2.80. The van der Waals surface area contributed by atoms with E-state index in [-0.39, 0.29) is 5.82 Å². The van der Waals surface area contributed by atoms with Gasteiger partial charge in [-0.1, -0.05) is 12.1 Å². The molecule has 0 saturated heterocycles. The second-order valence-electron chi connectivity index (χ2n) is 5.73. The van der Waals surface area contributed by atoms with Crippen LogP contribution in [0.4, 0.5) is 10.3 Å². The second kappa shape index (κ2) is 7.31. The quantitative estimate of drug-likeness (QED) is 0.891. The Morgan fingerprint density at radius 2 is 1.64 bits per heavy atom. The van der Waals surface area contributed by atoms with Gasteiger partial charge < -0.3 is 10.2 Å². The van der Waals surface area contributed by atoms with Gasteiger partial charge in [0.2, 0.25) is 5.95 Å². The molecule has 5 heteroatoms. The highest BCUT2D eigenvalue weighted by Gasteiger charge is 2.09. The van der Waals surface area contributed by atoms with E-state index in [1.54, 1.807) is 12.1 Å². The molecule has 0 saturated carbocycles. The lowest BCUT2D eigenvalue weighted by Crippen LogP contribution is -2.22. The van der Waals surface area contributed by atoms with Crippen molar-refractivity contribution >= 4 is 5.95 Å². The summed E-state index contributed by atoms with van der Waals surface area (Å²) in [4.78, 5) is 11.2. The van der Waals surface area contributed by atoms with Crippen molar-refractivity contribution in [2.75, 3.05) is 32.5 Å². The first-order valence-corrected chi connectivity index (χ1v) is 7.43. The molecule has 0 aliphatic heterocycles. The fourth-order valence-corrected chi connectivity index (χ4v) is 2.27. The summed E-state index contributed by atoms with van der Waals surface area (Å²) < 4.78 is 13.0. The Bertz CT molecular complexity index is 600. The summed E-state index contributed by atoms with van der Waals surface area (Å²) in [6.45, 7) is 5.72. The fraction of sp³-hybridized carbons (Fsp3) is 0.412. The summed E-state index contributed by atoms with van der Waals surface area (Å²) in [5, 5.41) is 3.24. The molecule has 2 rings (SSSR count). The Morgan fingerprint density at radius 1 is 1.05 bits per heavy atom. The van der Waals surface area contributed by atoms with Gasteiger partial charge in [0, 0.05) is 30.9 Å². The summed E-state index contributed by atoms with van der Waals surface area (Å²) in [5.41, 5.74) is 4.09. The predicted molar refractivity (Wildman–Crippen MR) is 87.8 cm³/mol. The van der Waals surface area contributed by atoms with Crippen LogP contribution in [0.3, 0.4) is 0 Å². The van der Waals surface area contributed by atoms with E-state index in [1.807, 2.05) is 27.9 Å². The summed E-state index contributed by atoms with van der Waals surface area (Å²) in [6, 6.07) is 6.57. The summed E-state index contributed by atoms with van der Waals surface area (Å²) in [5.74, 6) is 0.452. The molecule has 1 aromatic heterocycles. The van der Waals surface area contributed by atoms with E-state index in [2.05, 4.69) is 20.2 Å². The minimum absolute atomic E-state index is 0.214. The van der Waals surface area contributed by atoms with Gasteiger partial charge in [-0.3, -0.25) is 0 Å². The molecule has 0 aliphatic rings. The van der Waals surface area contributed by atoms with Crippen LogP contribution in [-0.2, 0) is 6.42 Å². The minimum atomic E-state index is -0.214. The first-order chi connectivity index (χ1) is 10.5. The maximum Gasteiger partial charge on any atom is 0.223 e. The fourth-order valence-electron chi connectivity index (χ4n) is 2.27. The van der Waals surface area contributed by atoms with Crippen LogP contribution < -0.4 is 5.32 Å². The van der Waals surface area contributed by atoms with Crippen LogP contribution in [0.1, 0.15) is 22.5 Å². The second-order valence-corrected chi connectivity index (χ2v) is 5.73. The maximum atomic E-state index is 13.0. The number of hydrogen-bond donors (Lipinski definition) is 1. The summed E-state index contributed by atoms with van der Waals surface area (Å²) in [6.07, 6.45) is 0.718. The highest BCUT2D eigenvalue weighted by molar-refractivity contribution is 5.37. The molecule has 0 fully saturated rings. The van der Waals surface area contributed by atoms with Gasteiger partial charge in [-0.15, -0.1) is 0 Å². The van der Waals surface area contributed by atoms with Crippen molar-refractivity contribution in [3.63, 3.8) is 0 Å². The van der Waals surface area contributed by atoms with Crippen LogP contribution in [0.15, 0.2) is 24.3 Å². The van der Waals surface area contributed by atoms with E-state index in [4.69, 9.17) is 0 Å². The van der Waals surface area contributed by atoms with E-state index in [1.165, 1.54) is 12.1 Å². The maximum absolute atomic E-state index is 13.0. The largest absolute Gasteiger partial charge is 0.353 e. The van der Waals surface area contributed by atoms with Crippen molar-refractivity contribution in [2.45, 2.75) is 20.3 Å². The number of halogens is 1. The lowest BCUT2D eigenvalue weighted by atomic mass is 10.0. The first-order valence-electron chi connectivity index (χ1n) is 7.43. The average molecular weight is 302 g/mol. The van der Waals surface area contributed by atoms with E-state index in [0.29, 0.717) is 5.95 Å². The molecule has 0 radical (unpaired) electrons. The third-order valence-electron chi connectivity index (χ3n) is 3.56. The van der Waals surface area contributed by atoms with E-state index < -0.39 is 0 Å². The molecule has 4 nitrogen and oxygen atoms in total. The molecule has 1 N–H and O–H groups in total. The molecule has 0 atom stereocenters. The molecule has 0 spiro atoms. The Labute approximate surface area is 131 Å². The Morgan fingerprint density at radius 3 is 2.18 bits per heavy atom. The van der Waals surface area contributed by atoms with Crippen LogP contribution in [0.25, 0.3) is 0 Å². The molecular weight excluding hydrogens is 279 g/mol. The lowest BCUT2D eigenvalue weighted by Gasteiger charge is -2.13. The molecule has 1 aromatic carbocycles. The van der Waals surface area contributed by atoms with E-state index >= 15 is 0 Å². The Balaban J connectivity index is 2.11. The van der Waals surface area contributed by atoms with Gasteiger partial charge in [0.1, 0.15) is 5.82 Å². The molecule has 1 heterocycles. The van der Waals surface area contributed by atoms with Gasteiger partial charge in [-0.2, -0.15) is 0 Å². The van der Waals surface area contributed by atoms with Crippen molar-refractivity contribution in [1.29, 1.82) is 0 Å². The molecule has 0 aliphatic carbocycles. The van der Waals surface area contributed by atoms with Crippen LogP contribution >= 0.6 is 0 Å². The topological polar surface area (TPSA) is 41.1 Å². The van der Waals surface area contributed by atoms with E-state index in [9.17, 15) is 4.39 Å². The summed E-state index contributed by atoms with van der Waals surface area (Å²) in [7, 11) is 4.07. The normalized spacial score (nSPS) is 11.0. The number of nitrogens with zero attached hydrogens (tertiary/aromatic N) is 3. The third-order valence-corrected chi connectivity index (χ3v) is 3.56. The zero-order valence-corrected chi connectivity index (χ0v) is 13.7. The lowest BCUT2D eigenvalue weighted by molar-refractivity contribution is 0.425. The van der Waals surface area contributed by atoms with Gasteiger partial charge in [0.05, 0.1) is 0 Å². The van der Waals surface area contributed by atoms with Crippen LogP contribution in [0, 0.1) is 19.7 Å². The van der Waals surface area contributed by atoms with Gasteiger partial charge in [0.25, 0.3) is 0 Å². The highest BCUT2D eigenvalue weighted by Crippen LogP contribution is 2.17. The zero-order valence-electron chi connectivity index (χ0n) is 13.7. The number of rotatable bonds is 6. The number of likely N-dealkylation sites (N-methyl/N-ethyl adjacent to an activating group) is 1. The van der Waals surface area contributed by atoms with Crippen LogP contribution in [0.2, 0.25) is 0 Å². The van der Waals surface area contributed by atoms with Crippen LogP contribution in [0.5, 0.6) is 0 Å². The van der Waals surface area contributed by atoms with Crippen LogP contribution in [-0.4, -0.2) is 42.1 Å². The smallest absolute Gasteiger partial charge is 0.223 e. The molecule has 118 valence electrons. The monoisotopic (exact) mass is 302 g/mol. The van der Waals surface area contributed by atoms with Crippen molar-refractivity contribution in [3.8, 4) is 0 Å². The Hall–Kier alpha value is -2.01. The van der Waals surface area contributed by atoms with Gasteiger partial charge in [-0.25, -0.2) is 14.4 Å². The molecule has 0 bridgehead atoms. The molecular formula is C17H23FN4. The number of hydrogen-bond acceptors (Lipinski definition) is 4. The van der Waals surface area contributed by atoms with E-state index in [0.717, 1.165) is 42.0 Å². The number of aryl methyl sites for hydroxylation is 2. The van der Waals surface area contributed by atoms with Gasteiger partial charge in [0.15, 0.2) is 0 Å². The SMILES string of the molecule is Cc1nc(NCCN(C)C)nc(C)c1Cc1ccc(F)cc1. The zero-order chi connectivity index (χ0) is 16.1. The van der Waals surface area contributed by atoms with Gasteiger partial charge in [-0.05, 0) is 51.2 Å². The van der Waals surface area contributed by atoms with Crippen molar-refractivity contribution in [3.05, 3.63) is 52.6 Å². The first kappa shape index (κ1) is 16.4. The van der Waals surface area contributed by atoms with Crippen molar-refractivity contribution in [1.82, 2.24) is 14.9 Å². The standard InChI is InChI=1S/C17H23FN4/c1-12-16(11-14-5-7-15(18)8-6-14)13(2)21-17(20-12)19-9-10-22(3)4/h5-8H,9-11H2,1-4H3,(H,19,20,21). The van der Waals surface area contributed by atoms with Crippen molar-refractivity contribution in [2.24, 2.45) is 0 Å². The highest BCUT2D eigenvalue weighted by atomic mass is 19.1. The number of benzene rings is 1. The number of aromatic nitrogens is 2. The molecule has 0 amide bonds. The van der Waals surface area contributed by atoms with Gasteiger partial charge >= 0.3 is 0 Å². The molecule has 0 unspecified atom stereocenters.